The molecule has 2 aliphatic rings. The molecule has 192 valence electrons. The molecule has 0 atom stereocenters. The SMILES string of the molecule is CN=C(Cc1ccccc1)C1=C(N)CCc2cnc(Nc3ccc(N4CCN(C)CC4)cc3OC)nc21. The standard InChI is InChI=1S/C29H35N7O/c1-31-25(17-20-7-5-4-6-8-20)27-23(30)11-9-21-19-32-29(34-28(21)27)33-24-12-10-22(18-26(24)37-3)36-15-13-35(2)14-16-36/h4-8,10,12,18-19H,9,11,13-17,30H2,1-3H3,(H,32,33,34). The zero-order valence-corrected chi connectivity index (χ0v) is 21.9. The van der Waals surface area contributed by atoms with Gasteiger partial charge in [-0.15, -0.1) is 0 Å². The molecule has 1 saturated heterocycles. The number of methoxy groups -OCH3 is 1. The van der Waals surface area contributed by atoms with Crippen molar-refractivity contribution in [2.45, 2.75) is 19.3 Å². The van der Waals surface area contributed by atoms with Crippen molar-refractivity contribution in [3.05, 3.63) is 77.2 Å². The first kappa shape index (κ1) is 24.8. The topological polar surface area (TPSA) is 91.9 Å². The van der Waals surface area contributed by atoms with Gasteiger partial charge in [-0.05, 0) is 43.1 Å². The molecule has 1 aliphatic carbocycles. The Balaban J connectivity index is 1.41. The first-order valence-corrected chi connectivity index (χ1v) is 12.8. The van der Waals surface area contributed by atoms with Crippen molar-refractivity contribution in [3.8, 4) is 5.75 Å². The summed E-state index contributed by atoms with van der Waals surface area (Å²) in [6.07, 6.45) is 4.18. The number of rotatable bonds is 7. The van der Waals surface area contributed by atoms with E-state index in [0.717, 1.165) is 84.4 Å². The van der Waals surface area contributed by atoms with Crippen LogP contribution in [-0.4, -0.2) is 68.0 Å². The smallest absolute Gasteiger partial charge is 0.227 e. The molecule has 37 heavy (non-hydrogen) atoms. The highest BCUT2D eigenvalue weighted by atomic mass is 16.5. The quantitative estimate of drug-likeness (QED) is 0.478. The van der Waals surface area contributed by atoms with E-state index in [1.54, 1.807) is 7.11 Å². The molecule has 5 rings (SSSR count). The van der Waals surface area contributed by atoms with Crippen LogP contribution in [0, 0.1) is 0 Å². The van der Waals surface area contributed by atoms with Crippen molar-refractivity contribution in [2.75, 3.05) is 57.6 Å². The number of allylic oxidation sites excluding steroid dienone is 2. The number of anilines is 3. The van der Waals surface area contributed by atoms with Crippen LogP contribution >= 0.6 is 0 Å². The minimum Gasteiger partial charge on any atom is -0.494 e. The summed E-state index contributed by atoms with van der Waals surface area (Å²) in [5, 5.41) is 3.38. The monoisotopic (exact) mass is 497 g/mol. The van der Waals surface area contributed by atoms with Gasteiger partial charge in [-0.25, -0.2) is 9.97 Å². The van der Waals surface area contributed by atoms with E-state index in [4.69, 9.17) is 15.5 Å². The van der Waals surface area contributed by atoms with Crippen molar-refractivity contribution in [3.63, 3.8) is 0 Å². The van der Waals surface area contributed by atoms with Gasteiger partial charge in [0.1, 0.15) is 5.75 Å². The zero-order chi connectivity index (χ0) is 25.8. The molecule has 0 spiro atoms. The highest BCUT2D eigenvalue weighted by Gasteiger charge is 2.24. The molecule has 1 aromatic heterocycles. The summed E-state index contributed by atoms with van der Waals surface area (Å²) in [4.78, 5) is 18.9. The lowest BCUT2D eigenvalue weighted by Crippen LogP contribution is -2.44. The van der Waals surface area contributed by atoms with Gasteiger partial charge in [0.05, 0.1) is 18.5 Å². The Morgan fingerprint density at radius 2 is 1.86 bits per heavy atom. The number of aliphatic imine (C=N–C) groups is 1. The molecule has 3 aromatic rings. The second kappa shape index (κ2) is 11.0. The van der Waals surface area contributed by atoms with E-state index in [1.807, 2.05) is 37.5 Å². The number of nitrogens with zero attached hydrogens (tertiary/aromatic N) is 5. The molecular weight excluding hydrogens is 462 g/mol. The maximum Gasteiger partial charge on any atom is 0.227 e. The summed E-state index contributed by atoms with van der Waals surface area (Å²) in [5.74, 6) is 1.26. The lowest BCUT2D eigenvalue weighted by molar-refractivity contribution is 0.312. The number of aryl methyl sites for hydroxylation is 1. The largest absolute Gasteiger partial charge is 0.494 e. The van der Waals surface area contributed by atoms with E-state index in [2.05, 4.69) is 56.4 Å². The first-order chi connectivity index (χ1) is 18.1. The molecule has 1 fully saturated rings. The molecule has 0 saturated carbocycles. The third-order valence-corrected chi connectivity index (χ3v) is 7.16. The Labute approximate surface area is 218 Å². The van der Waals surface area contributed by atoms with Crippen LogP contribution in [0.2, 0.25) is 0 Å². The van der Waals surface area contributed by atoms with E-state index < -0.39 is 0 Å². The molecule has 0 bridgehead atoms. The van der Waals surface area contributed by atoms with Crippen LogP contribution in [0.1, 0.15) is 23.2 Å². The molecule has 0 unspecified atom stereocenters. The molecule has 8 heteroatoms. The van der Waals surface area contributed by atoms with Gasteiger partial charge >= 0.3 is 0 Å². The van der Waals surface area contributed by atoms with Gasteiger partial charge in [-0.3, -0.25) is 4.99 Å². The van der Waals surface area contributed by atoms with Gasteiger partial charge in [-0.1, -0.05) is 30.3 Å². The van der Waals surface area contributed by atoms with E-state index in [9.17, 15) is 0 Å². The van der Waals surface area contributed by atoms with E-state index in [-0.39, 0.29) is 0 Å². The van der Waals surface area contributed by atoms with Crippen molar-refractivity contribution in [1.82, 2.24) is 14.9 Å². The molecule has 2 aromatic carbocycles. The van der Waals surface area contributed by atoms with Crippen LogP contribution in [0.25, 0.3) is 5.57 Å². The van der Waals surface area contributed by atoms with Gasteiger partial charge in [-0.2, -0.15) is 0 Å². The molecule has 2 heterocycles. The maximum atomic E-state index is 6.56. The Morgan fingerprint density at radius 3 is 2.59 bits per heavy atom. The number of benzene rings is 2. The number of hydrogen-bond acceptors (Lipinski definition) is 8. The highest BCUT2D eigenvalue weighted by Crippen LogP contribution is 2.34. The van der Waals surface area contributed by atoms with E-state index in [0.29, 0.717) is 12.4 Å². The third-order valence-electron chi connectivity index (χ3n) is 7.16. The lowest BCUT2D eigenvalue weighted by Gasteiger charge is -2.34. The lowest BCUT2D eigenvalue weighted by atomic mass is 9.88. The molecule has 3 N–H and O–H groups in total. The predicted octanol–water partition coefficient (Wildman–Crippen LogP) is 3.91. The van der Waals surface area contributed by atoms with Gasteiger partial charge in [0, 0.05) is 74.6 Å². The Kier molecular flexibility index (Phi) is 7.37. The molecule has 0 radical (unpaired) electrons. The Hall–Kier alpha value is -3.91. The van der Waals surface area contributed by atoms with Crippen LogP contribution in [-0.2, 0) is 12.8 Å². The van der Waals surface area contributed by atoms with Gasteiger partial charge in [0.2, 0.25) is 5.95 Å². The fourth-order valence-electron chi connectivity index (χ4n) is 4.97. The minimum absolute atomic E-state index is 0.506. The second-order valence-corrected chi connectivity index (χ2v) is 9.60. The zero-order valence-electron chi connectivity index (χ0n) is 21.9. The summed E-state index contributed by atoms with van der Waals surface area (Å²) in [7, 11) is 5.67. The van der Waals surface area contributed by atoms with Crippen molar-refractivity contribution in [2.24, 2.45) is 10.7 Å². The van der Waals surface area contributed by atoms with Gasteiger partial charge in [0.15, 0.2) is 0 Å². The van der Waals surface area contributed by atoms with Gasteiger partial charge in [0.25, 0.3) is 0 Å². The molecule has 1 aliphatic heterocycles. The summed E-state index contributed by atoms with van der Waals surface area (Å²) in [5.41, 5.74) is 14.3. The van der Waals surface area contributed by atoms with Crippen LogP contribution in [0.3, 0.4) is 0 Å². The van der Waals surface area contributed by atoms with Crippen LogP contribution in [0.15, 0.2) is 65.4 Å². The number of piperazine rings is 1. The summed E-state index contributed by atoms with van der Waals surface area (Å²) in [6, 6.07) is 16.6. The number of ether oxygens (including phenoxy) is 1. The Morgan fingerprint density at radius 1 is 1.08 bits per heavy atom. The number of hydrogen-bond donors (Lipinski definition) is 2. The normalized spacial score (nSPS) is 16.5. The first-order valence-electron chi connectivity index (χ1n) is 12.8. The van der Waals surface area contributed by atoms with Gasteiger partial charge < -0.3 is 25.6 Å². The van der Waals surface area contributed by atoms with Crippen LogP contribution in [0.5, 0.6) is 5.75 Å². The molecular formula is C29H35N7O. The average Bonchev–Trinajstić information content (AvgIpc) is 2.93. The highest BCUT2D eigenvalue weighted by molar-refractivity contribution is 6.25. The van der Waals surface area contributed by atoms with Crippen LogP contribution in [0.4, 0.5) is 17.3 Å². The number of aromatic nitrogens is 2. The third kappa shape index (κ3) is 5.44. The predicted molar refractivity (Wildman–Crippen MR) is 151 cm³/mol. The summed E-state index contributed by atoms with van der Waals surface area (Å²) in [6.45, 7) is 4.11. The molecule has 8 nitrogen and oxygen atoms in total. The van der Waals surface area contributed by atoms with Crippen molar-refractivity contribution >= 4 is 28.6 Å². The fraction of sp³-hybridized carbons (Fsp3) is 0.345. The summed E-state index contributed by atoms with van der Waals surface area (Å²) < 4.78 is 5.74. The molecule has 0 amide bonds. The number of fused-ring (bicyclic) bond motifs is 1. The number of nitrogens with one attached hydrogen (secondary N) is 1. The number of likely N-dealkylation sites (N-methyl/N-ethyl adjacent to an activating group) is 1. The van der Waals surface area contributed by atoms with Crippen molar-refractivity contribution < 1.29 is 4.74 Å². The number of nitrogens with two attached hydrogens (primary N) is 1. The van der Waals surface area contributed by atoms with Crippen molar-refractivity contribution in [1.29, 1.82) is 0 Å². The van der Waals surface area contributed by atoms with E-state index >= 15 is 0 Å². The minimum atomic E-state index is 0.506. The fourth-order valence-corrected chi connectivity index (χ4v) is 4.97. The maximum absolute atomic E-state index is 6.56. The van der Waals surface area contributed by atoms with Crippen LogP contribution < -0.4 is 20.7 Å². The average molecular weight is 498 g/mol. The van der Waals surface area contributed by atoms with E-state index in [1.165, 1.54) is 5.56 Å². The second-order valence-electron chi connectivity index (χ2n) is 9.60. The Bertz CT molecular complexity index is 1310. The summed E-state index contributed by atoms with van der Waals surface area (Å²) >= 11 is 0.